The summed E-state index contributed by atoms with van der Waals surface area (Å²) in [6.07, 6.45) is 0. The molecular weight excluding hydrogens is 881 g/mol. The van der Waals surface area contributed by atoms with Crippen molar-refractivity contribution in [3.63, 3.8) is 0 Å². The monoisotopic (exact) mass is 920 g/mol. The van der Waals surface area contributed by atoms with E-state index in [0.29, 0.717) is 0 Å². The average Bonchev–Trinajstić information content (AvgIpc) is 4.05. The fourth-order valence-electron chi connectivity index (χ4n) is 7.70. The maximum Gasteiger partial charge on any atom is 0.0529 e. The standard InChI is InChI=1S/C52H40S8/c1-51(2,3)33-25-29-23-30(26-33)37-8-13-42(55-37)45-16-18-47(59-45)48-19-17-46(60-48)43-14-9-38(56-43)31-24-32(28-34(27-31)52(4,5)6)39-10-20-49(57-39)50-35(21-22-53-50)40-11-15-44(58-40)41-12-7-36(29)54-41/h7-28H,1-6H3. The van der Waals surface area contributed by atoms with E-state index in [1.807, 2.05) is 90.7 Å². The highest BCUT2D eigenvalue weighted by Gasteiger charge is 2.22. The zero-order valence-electron chi connectivity index (χ0n) is 34.0. The molecule has 2 aromatic carbocycles. The minimum Gasteiger partial charge on any atom is -0.142 e. The lowest BCUT2D eigenvalue weighted by molar-refractivity contribution is 0.590. The average molecular weight is 921 g/mol. The summed E-state index contributed by atoms with van der Waals surface area (Å²) in [7, 11) is 0. The van der Waals surface area contributed by atoms with Crippen LogP contribution in [0.1, 0.15) is 52.7 Å². The van der Waals surface area contributed by atoms with Crippen molar-refractivity contribution < 1.29 is 0 Å². The Balaban J connectivity index is 1.05. The second-order valence-electron chi connectivity index (χ2n) is 17.4. The molecule has 0 unspecified atom stereocenters. The van der Waals surface area contributed by atoms with Crippen molar-refractivity contribution in [2.75, 3.05) is 0 Å². The van der Waals surface area contributed by atoms with E-state index in [1.54, 1.807) is 0 Å². The highest BCUT2D eigenvalue weighted by atomic mass is 32.1. The Kier molecular flexibility index (Phi) is 9.63. The van der Waals surface area contributed by atoms with Crippen LogP contribution < -0.4 is 0 Å². The minimum absolute atomic E-state index is 0.0236. The molecule has 10 aromatic rings. The fourth-order valence-corrected chi connectivity index (χ4v) is 16.2. The van der Waals surface area contributed by atoms with Gasteiger partial charge in [-0.2, -0.15) is 0 Å². The van der Waals surface area contributed by atoms with Gasteiger partial charge in [-0.05, 0) is 177 Å². The van der Waals surface area contributed by atoms with Gasteiger partial charge in [-0.25, -0.2) is 0 Å². The van der Waals surface area contributed by atoms with Gasteiger partial charge in [-0.15, -0.1) is 90.7 Å². The maximum absolute atomic E-state index is 2.42. The molecule has 0 radical (unpaired) electrons. The Hall–Kier alpha value is -3.96. The third-order valence-electron chi connectivity index (χ3n) is 11.1. The van der Waals surface area contributed by atoms with Crippen LogP contribution in [0.2, 0.25) is 0 Å². The number of hydrogen-bond acceptors (Lipinski definition) is 8. The van der Waals surface area contributed by atoms with Crippen molar-refractivity contribution in [2.45, 2.75) is 52.4 Å². The summed E-state index contributed by atoms with van der Waals surface area (Å²) in [5, 5.41) is 2.26. The Labute approximate surface area is 384 Å². The van der Waals surface area contributed by atoms with E-state index >= 15 is 0 Å². The molecule has 0 atom stereocenters. The molecule has 18 bridgehead atoms. The lowest BCUT2D eigenvalue weighted by Crippen LogP contribution is -2.11. The van der Waals surface area contributed by atoms with Gasteiger partial charge in [0.1, 0.15) is 0 Å². The number of benzene rings is 2. The van der Waals surface area contributed by atoms with E-state index in [1.165, 1.54) is 112 Å². The topological polar surface area (TPSA) is 0 Å². The van der Waals surface area contributed by atoms with Gasteiger partial charge in [0.2, 0.25) is 0 Å². The van der Waals surface area contributed by atoms with E-state index < -0.39 is 0 Å². The van der Waals surface area contributed by atoms with Crippen LogP contribution in [-0.4, -0.2) is 0 Å². The van der Waals surface area contributed by atoms with Gasteiger partial charge >= 0.3 is 0 Å². The zero-order valence-corrected chi connectivity index (χ0v) is 40.5. The highest BCUT2D eigenvalue weighted by molar-refractivity contribution is 7.29. The summed E-state index contributed by atoms with van der Waals surface area (Å²) in [5.41, 5.74) is 9.28. The van der Waals surface area contributed by atoms with Crippen molar-refractivity contribution in [2.24, 2.45) is 0 Å². The van der Waals surface area contributed by atoms with E-state index in [4.69, 9.17) is 0 Å². The van der Waals surface area contributed by atoms with Crippen molar-refractivity contribution in [1.82, 2.24) is 0 Å². The zero-order chi connectivity index (χ0) is 40.9. The molecule has 1 aliphatic rings. The summed E-state index contributed by atoms with van der Waals surface area (Å²) in [6.45, 7) is 14.0. The van der Waals surface area contributed by atoms with E-state index in [0.717, 1.165) is 0 Å². The molecule has 60 heavy (non-hydrogen) atoms. The number of thiophene rings is 8. The van der Waals surface area contributed by atoms with Gasteiger partial charge in [0, 0.05) is 73.8 Å². The van der Waals surface area contributed by atoms with E-state index in [-0.39, 0.29) is 10.8 Å². The van der Waals surface area contributed by atoms with Crippen LogP contribution in [-0.2, 0) is 10.8 Å². The lowest BCUT2D eigenvalue weighted by atomic mass is 9.84. The first kappa shape index (κ1) is 38.9. The molecule has 0 spiro atoms. The molecule has 0 saturated carbocycles. The van der Waals surface area contributed by atoms with Crippen molar-refractivity contribution >= 4 is 90.7 Å². The van der Waals surface area contributed by atoms with Crippen LogP contribution in [0.3, 0.4) is 0 Å². The Morgan fingerprint density at radius 1 is 0.283 bits per heavy atom. The summed E-state index contributed by atoms with van der Waals surface area (Å²) in [5.74, 6) is 0. The molecule has 296 valence electrons. The summed E-state index contributed by atoms with van der Waals surface area (Å²) in [4.78, 5) is 19.8. The fraction of sp³-hybridized carbons (Fsp3) is 0.154. The second-order valence-corrected chi connectivity index (χ2v) is 25.9. The van der Waals surface area contributed by atoms with Gasteiger partial charge in [0.25, 0.3) is 0 Å². The largest absolute Gasteiger partial charge is 0.142 e. The van der Waals surface area contributed by atoms with Gasteiger partial charge < -0.3 is 0 Å². The third-order valence-corrected chi connectivity index (χ3v) is 20.8. The summed E-state index contributed by atoms with van der Waals surface area (Å²) in [6, 6.07) is 49.3. The van der Waals surface area contributed by atoms with Gasteiger partial charge in [-0.1, -0.05) is 41.5 Å². The van der Waals surface area contributed by atoms with Crippen molar-refractivity contribution in [1.29, 1.82) is 0 Å². The third kappa shape index (κ3) is 7.23. The molecule has 0 amide bonds. The second kappa shape index (κ2) is 14.8. The molecule has 8 heteroatoms. The van der Waals surface area contributed by atoms with E-state index in [2.05, 4.69) is 174 Å². The smallest absolute Gasteiger partial charge is 0.0529 e. The number of hydrogen-bond donors (Lipinski definition) is 0. The maximum atomic E-state index is 2.42. The van der Waals surface area contributed by atoms with Gasteiger partial charge in [0.05, 0.1) is 4.88 Å². The SMILES string of the molecule is CC(C)(C)c1cc2cc(c1)-c1ccc(s1)-c1ccc(s1)-c1ccsc1-c1ccc(s1)-c1cc(cc(C(C)(C)C)c1)-c1ccc(s1)-c1ccc(s1)-c1ccc(s1)-c1ccc-2s1. The lowest BCUT2D eigenvalue weighted by Gasteiger charge is -2.21. The predicted molar refractivity (Wildman–Crippen MR) is 275 cm³/mol. The molecule has 0 fully saturated rings. The van der Waals surface area contributed by atoms with Crippen LogP contribution in [0.25, 0.3) is 101 Å². The first-order valence-corrected chi connectivity index (χ1v) is 26.6. The normalized spacial score (nSPS) is 12.5. The molecule has 1 aliphatic heterocycles. The van der Waals surface area contributed by atoms with Crippen molar-refractivity contribution in [3.8, 4) is 101 Å². The molecule has 8 aromatic heterocycles. The Morgan fingerprint density at radius 2 is 0.550 bits per heavy atom. The van der Waals surface area contributed by atoms with Crippen LogP contribution >= 0.6 is 90.7 Å². The quantitative estimate of drug-likeness (QED) is 0.142. The number of fused-ring (bicyclic) bond motifs is 29. The van der Waals surface area contributed by atoms with Crippen LogP contribution in [0.15, 0.2) is 133 Å². The molecule has 0 saturated heterocycles. The Bertz CT molecular complexity index is 3190. The molecule has 0 nitrogen and oxygen atoms in total. The predicted octanol–water partition coefficient (Wildman–Crippen LogP) is 19.8. The first-order chi connectivity index (χ1) is 28.9. The molecular formula is C52H40S8. The summed E-state index contributed by atoms with van der Waals surface area (Å²) >= 11 is 15.2. The molecule has 0 aliphatic carbocycles. The summed E-state index contributed by atoms with van der Waals surface area (Å²) < 4.78 is 0. The van der Waals surface area contributed by atoms with Crippen LogP contribution in [0.5, 0.6) is 0 Å². The molecule has 0 N–H and O–H groups in total. The first-order valence-electron chi connectivity index (χ1n) is 20.0. The molecule has 9 heterocycles. The minimum atomic E-state index is 0.0236. The van der Waals surface area contributed by atoms with Gasteiger partial charge in [0.15, 0.2) is 0 Å². The number of rotatable bonds is 0. The van der Waals surface area contributed by atoms with E-state index in [9.17, 15) is 0 Å². The van der Waals surface area contributed by atoms with Crippen LogP contribution in [0, 0.1) is 0 Å². The van der Waals surface area contributed by atoms with Gasteiger partial charge in [-0.3, -0.25) is 0 Å². The van der Waals surface area contributed by atoms with Crippen LogP contribution in [0.4, 0.5) is 0 Å². The van der Waals surface area contributed by atoms with Crippen molar-refractivity contribution in [3.05, 3.63) is 144 Å². The Morgan fingerprint density at radius 3 is 0.900 bits per heavy atom. The molecule has 11 rings (SSSR count). The highest BCUT2D eigenvalue weighted by Crippen LogP contribution is 2.50.